The minimum atomic E-state index is -2.79. The fraction of sp³-hybridized carbons (Fsp3) is 0.273. The molecule has 0 saturated heterocycles. The van der Waals surface area contributed by atoms with Crippen LogP contribution in [0.5, 0.6) is 0 Å². The fourth-order valence-electron chi connectivity index (χ4n) is 1.25. The molecule has 0 bridgehead atoms. The standard InChI is InChI=1S/C11H9F2NO2S/c1-2-16-11(15)8-3-6(5-14)7(10(12)13)4-9(8)17/h3-4,10,17H,2H2,1H3. The zero-order valence-corrected chi connectivity index (χ0v) is 9.80. The average molecular weight is 257 g/mol. The van der Waals surface area contributed by atoms with Crippen molar-refractivity contribution in [1.29, 1.82) is 5.26 Å². The van der Waals surface area contributed by atoms with Gasteiger partial charge in [0.15, 0.2) is 0 Å². The van der Waals surface area contributed by atoms with Crippen molar-refractivity contribution in [2.45, 2.75) is 18.2 Å². The number of carbonyl (C=O) groups excluding carboxylic acids is 1. The maximum Gasteiger partial charge on any atom is 0.339 e. The molecular weight excluding hydrogens is 248 g/mol. The van der Waals surface area contributed by atoms with Gasteiger partial charge in [0.2, 0.25) is 0 Å². The Kier molecular flexibility index (Phi) is 4.46. The van der Waals surface area contributed by atoms with E-state index in [0.717, 1.165) is 12.1 Å². The Morgan fingerprint density at radius 3 is 2.71 bits per heavy atom. The Labute approximate surface area is 102 Å². The molecule has 0 aliphatic heterocycles. The third-order valence-electron chi connectivity index (χ3n) is 2.02. The van der Waals surface area contributed by atoms with E-state index in [-0.39, 0.29) is 22.6 Å². The van der Waals surface area contributed by atoms with Gasteiger partial charge in [-0.05, 0) is 19.1 Å². The molecule has 90 valence electrons. The van der Waals surface area contributed by atoms with Crippen LogP contribution < -0.4 is 0 Å². The van der Waals surface area contributed by atoms with Gasteiger partial charge in [0, 0.05) is 10.5 Å². The number of alkyl halides is 2. The summed E-state index contributed by atoms with van der Waals surface area (Å²) in [5.41, 5.74) is -0.678. The normalized spacial score (nSPS) is 10.1. The van der Waals surface area contributed by atoms with E-state index in [1.807, 2.05) is 0 Å². The molecule has 1 aromatic carbocycles. The molecule has 0 fully saturated rings. The van der Waals surface area contributed by atoms with Crippen LogP contribution in [0.4, 0.5) is 8.78 Å². The van der Waals surface area contributed by atoms with Crippen molar-refractivity contribution < 1.29 is 18.3 Å². The number of carbonyl (C=O) groups is 1. The molecule has 6 heteroatoms. The van der Waals surface area contributed by atoms with Crippen molar-refractivity contribution in [3.8, 4) is 6.07 Å². The van der Waals surface area contributed by atoms with E-state index in [9.17, 15) is 13.6 Å². The molecule has 0 amide bonds. The van der Waals surface area contributed by atoms with E-state index in [2.05, 4.69) is 12.6 Å². The Balaban J connectivity index is 3.28. The van der Waals surface area contributed by atoms with Crippen molar-refractivity contribution in [2.75, 3.05) is 6.61 Å². The van der Waals surface area contributed by atoms with Gasteiger partial charge in [-0.1, -0.05) is 0 Å². The van der Waals surface area contributed by atoms with Gasteiger partial charge in [0.1, 0.15) is 0 Å². The highest BCUT2D eigenvalue weighted by molar-refractivity contribution is 7.80. The number of benzene rings is 1. The Hall–Kier alpha value is -1.61. The zero-order valence-electron chi connectivity index (χ0n) is 8.91. The summed E-state index contributed by atoms with van der Waals surface area (Å²) in [6.45, 7) is 1.78. The summed E-state index contributed by atoms with van der Waals surface area (Å²) in [4.78, 5) is 11.5. The Morgan fingerprint density at radius 1 is 1.59 bits per heavy atom. The van der Waals surface area contributed by atoms with Crippen molar-refractivity contribution >= 4 is 18.6 Å². The fourth-order valence-corrected chi connectivity index (χ4v) is 1.55. The number of rotatable bonds is 3. The molecule has 0 aliphatic carbocycles. The van der Waals surface area contributed by atoms with Crippen LogP contribution in [0.15, 0.2) is 17.0 Å². The van der Waals surface area contributed by atoms with Gasteiger partial charge in [0.05, 0.1) is 23.8 Å². The minimum Gasteiger partial charge on any atom is -0.462 e. The molecule has 0 unspecified atom stereocenters. The predicted molar refractivity (Wildman–Crippen MR) is 59.3 cm³/mol. The topological polar surface area (TPSA) is 50.1 Å². The molecule has 0 radical (unpaired) electrons. The van der Waals surface area contributed by atoms with Crippen LogP contribution in [-0.2, 0) is 4.74 Å². The molecule has 0 saturated carbocycles. The van der Waals surface area contributed by atoms with Crippen LogP contribution in [0.25, 0.3) is 0 Å². The minimum absolute atomic E-state index is 0.0103. The molecule has 17 heavy (non-hydrogen) atoms. The van der Waals surface area contributed by atoms with Gasteiger partial charge in [-0.15, -0.1) is 12.6 Å². The molecule has 0 atom stereocenters. The number of nitrogens with zero attached hydrogens (tertiary/aromatic N) is 1. The maximum absolute atomic E-state index is 12.6. The summed E-state index contributed by atoms with van der Waals surface area (Å²) in [6.07, 6.45) is -2.79. The summed E-state index contributed by atoms with van der Waals surface area (Å²) in [7, 11) is 0. The average Bonchev–Trinajstić information content (AvgIpc) is 2.28. The molecule has 0 N–H and O–H groups in total. The lowest BCUT2D eigenvalue weighted by Gasteiger charge is -2.08. The predicted octanol–water partition coefficient (Wildman–Crippen LogP) is 2.96. The third-order valence-corrected chi connectivity index (χ3v) is 2.39. The summed E-state index contributed by atoms with van der Waals surface area (Å²) in [6, 6.07) is 3.70. The van der Waals surface area contributed by atoms with Crippen LogP contribution in [-0.4, -0.2) is 12.6 Å². The SMILES string of the molecule is CCOC(=O)c1cc(C#N)c(C(F)F)cc1S. The molecule has 0 heterocycles. The molecule has 0 aromatic heterocycles. The van der Waals surface area contributed by atoms with Gasteiger partial charge < -0.3 is 4.74 Å². The van der Waals surface area contributed by atoms with E-state index in [1.54, 1.807) is 13.0 Å². The van der Waals surface area contributed by atoms with Gasteiger partial charge in [-0.3, -0.25) is 0 Å². The highest BCUT2D eigenvalue weighted by Crippen LogP contribution is 2.28. The number of ether oxygens (including phenoxy) is 1. The van der Waals surface area contributed by atoms with Gasteiger partial charge in [-0.25, -0.2) is 13.6 Å². The first-order chi connectivity index (χ1) is 8.01. The van der Waals surface area contributed by atoms with Gasteiger partial charge >= 0.3 is 5.97 Å². The quantitative estimate of drug-likeness (QED) is 0.669. The van der Waals surface area contributed by atoms with Crippen LogP contribution in [0.2, 0.25) is 0 Å². The van der Waals surface area contributed by atoms with Crippen molar-refractivity contribution in [3.05, 3.63) is 28.8 Å². The first-order valence-electron chi connectivity index (χ1n) is 4.73. The van der Waals surface area contributed by atoms with Crippen LogP contribution in [0.1, 0.15) is 34.8 Å². The van der Waals surface area contributed by atoms with Crippen LogP contribution >= 0.6 is 12.6 Å². The summed E-state index contributed by atoms with van der Waals surface area (Å²) in [5, 5.41) is 8.73. The molecule has 1 aromatic rings. The second-order valence-corrected chi connectivity index (χ2v) is 3.57. The largest absolute Gasteiger partial charge is 0.462 e. The highest BCUT2D eigenvalue weighted by Gasteiger charge is 2.19. The monoisotopic (exact) mass is 257 g/mol. The van der Waals surface area contributed by atoms with Gasteiger partial charge in [-0.2, -0.15) is 5.26 Å². The Morgan fingerprint density at radius 2 is 2.24 bits per heavy atom. The molecule has 1 rings (SSSR count). The second-order valence-electron chi connectivity index (χ2n) is 3.09. The van der Waals surface area contributed by atoms with Crippen LogP contribution in [0.3, 0.4) is 0 Å². The van der Waals surface area contributed by atoms with E-state index >= 15 is 0 Å². The third kappa shape index (κ3) is 2.94. The maximum atomic E-state index is 12.6. The number of esters is 1. The lowest BCUT2D eigenvalue weighted by atomic mass is 10.0. The van der Waals surface area contributed by atoms with E-state index < -0.39 is 18.0 Å². The summed E-state index contributed by atoms with van der Waals surface area (Å²) in [5.74, 6) is -0.685. The van der Waals surface area contributed by atoms with E-state index in [4.69, 9.17) is 10.00 Å². The second kappa shape index (κ2) is 5.64. The van der Waals surface area contributed by atoms with Crippen molar-refractivity contribution in [3.63, 3.8) is 0 Å². The smallest absolute Gasteiger partial charge is 0.339 e. The number of hydrogen-bond donors (Lipinski definition) is 1. The first kappa shape index (κ1) is 13.5. The van der Waals surface area contributed by atoms with Gasteiger partial charge in [0.25, 0.3) is 6.43 Å². The number of halogens is 2. The first-order valence-corrected chi connectivity index (χ1v) is 5.18. The number of hydrogen-bond acceptors (Lipinski definition) is 4. The number of thiol groups is 1. The van der Waals surface area contributed by atoms with Crippen molar-refractivity contribution in [2.24, 2.45) is 0 Å². The zero-order chi connectivity index (χ0) is 13.0. The van der Waals surface area contributed by atoms with Crippen LogP contribution in [0, 0.1) is 11.3 Å². The molecule has 0 aliphatic rings. The lowest BCUT2D eigenvalue weighted by Crippen LogP contribution is -2.07. The molecular formula is C11H9F2NO2S. The van der Waals surface area contributed by atoms with E-state index in [1.165, 1.54) is 0 Å². The lowest BCUT2D eigenvalue weighted by molar-refractivity contribution is 0.0522. The number of nitriles is 1. The van der Waals surface area contributed by atoms with Crippen molar-refractivity contribution in [1.82, 2.24) is 0 Å². The highest BCUT2D eigenvalue weighted by atomic mass is 32.1. The molecule has 0 spiro atoms. The van der Waals surface area contributed by atoms with E-state index in [0.29, 0.717) is 0 Å². The summed E-state index contributed by atoms with van der Waals surface area (Å²) < 4.78 is 29.9. The molecule has 3 nitrogen and oxygen atoms in total. The summed E-state index contributed by atoms with van der Waals surface area (Å²) >= 11 is 3.94. The Bertz CT molecular complexity index is 483.